The number of fused-ring (bicyclic) bond motifs is 6. The van der Waals surface area contributed by atoms with E-state index in [9.17, 15) is 0 Å². The van der Waals surface area contributed by atoms with Crippen LogP contribution in [-0.4, -0.2) is 28.7 Å². The minimum Gasteiger partial charge on any atom is -0.327 e. The van der Waals surface area contributed by atoms with Gasteiger partial charge in [0.1, 0.15) is 0 Å². The first-order valence-electron chi connectivity index (χ1n) is 7.24. The Kier molecular flexibility index (Phi) is 3.40. The predicted molar refractivity (Wildman–Crippen MR) is 86.0 cm³/mol. The van der Waals surface area contributed by atoms with Gasteiger partial charge in [-0.3, -0.25) is 15.0 Å². The molecule has 0 atom stereocenters. The Morgan fingerprint density at radius 2 is 1.79 bits per heavy atom. The van der Waals surface area contributed by atoms with E-state index in [0.29, 0.717) is 0 Å². The van der Waals surface area contributed by atoms with E-state index in [0.717, 1.165) is 39.1 Å². The SMILES string of the molecule is Cc1c[c-]c2c3nccn3c3nccn3c2c1-c1cnccn1.[Ir]. The molecule has 5 aromatic rings. The molecule has 5 rings (SSSR count). The van der Waals surface area contributed by atoms with Crippen molar-refractivity contribution in [2.45, 2.75) is 6.92 Å². The van der Waals surface area contributed by atoms with Crippen LogP contribution >= 0.6 is 0 Å². The number of aryl methyl sites for hydroxylation is 1. The predicted octanol–water partition coefficient (Wildman–Crippen LogP) is 2.70. The minimum absolute atomic E-state index is 0. The first-order valence-corrected chi connectivity index (χ1v) is 7.24. The fourth-order valence-electron chi connectivity index (χ4n) is 3.09. The van der Waals surface area contributed by atoms with E-state index in [2.05, 4.69) is 37.3 Å². The molecule has 0 saturated carbocycles. The minimum atomic E-state index is 0. The second kappa shape index (κ2) is 5.47. The molecule has 4 heterocycles. The molecule has 7 heteroatoms. The summed E-state index contributed by atoms with van der Waals surface area (Å²) in [6.07, 6.45) is 12.6. The Morgan fingerprint density at radius 1 is 0.958 bits per heavy atom. The summed E-state index contributed by atoms with van der Waals surface area (Å²) >= 11 is 0. The van der Waals surface area contributed by atoms with Gasteiger partial charge in [-0.05, 0) is 5.52 Å². The molecule has 0 bridgehead atoms. The van der Waals surface area contributed by atoms with Crippen molar-refractivity contribution in [3.05, 3.63) is 61.1 Å². The Hall–Kier alpha value is -2.63. The fraction of sp³-hybridized carbons (Fsp3) is 0.0588. The van der Waals surface area contributed by atoms with Crippen molar-refractivity contribution in [2.75, 3.05) is 0 Å². The van der Waals surface area contributed by atoms with Crippen molar-refractivity contribution in [3.63, 3.8) is 0 Å². The van der Waals surface area contributed by atoms with E-state index in [1.165, 1.54) is 0 Å². The summed E-state index contributed by atoms with van der Waals surface area (Å²) in [5, 5.41) is 0.937. The third-order valence-electron chi connectivity index (χ3n) is 4.06. The number of rotatable bonds is 1. The van der Waals surface area contributed by atoms with Crippen molar-refractivity contribution in [1.82, 2.24) is 28.7 Å². The van der Waals surface area contributed by atoms with E-state index in [1.54, 1.807) is 31.0 Å². The molecule has 0 aliphatic carbocycles. The number of aromatic nitrogens is 6. The van der Waals surface area contributed by atoms with Crippen LogP contribution in [0.4, 0.5) is 0 Å². The van der Waals surface area contributed by atoms with Gasteiger partial charge in [0.2, 0.25) is 5.78 Å². The molecule has 0 amide bonds. The maximum Gasteiger partial charge on any atom is 0.202 e. The number of nitrogens with zero attached hydrogens (tertiary/aromatic N) is 6. The van der Waals surface area contributed by atoms with Crippen molar-refractivity contribution in [2.24, 2.45) is 0 Å². The van der Waals surface area contributed by atoms with Gasteiger partial charge in [0.05, 0.1) is 17.5 Å². The zero-order valence-electron chi connectivity index (χ0n) is 12.6. The monoisotopic (exact) mass is 492 g/mol. The summed E-state index contributed by atoms with van der Waals surface area (Å²) in [6, 6.07) is 5.34. The van der Waals surface area contributed by atoms with Crippen molar-refractivity contribution in [1.29, 1.82) is 0 Å². The molecule has 119 valence electrons. The van der Waals surface area contributed by atoms with Gasteiger partial charge in [-0.2, -0.15) is 0 Å². The van der Waals surface area contributed by atoms with E-state index < -0.39 is 0 Å². The van der Waals surface area contributed by atoms with E-state index in [-0.39, 0.29) is 20.1 Å². The Labute approximate surface area is 150 Å². The molecular formula is C17H11IrN6-. The van der Waals surface area contributed by atoms with Crippen LogP contribution in [0.3, 0.4) is 0 Å². The standard InChI is InChI=1S/C17H11N6.Ir/c1-11-2-3-12-15(14(11)13-10-18-4-5-19-13)22-8-7-21-17(22)23-9-6-20-16(12)23;/h2,4-10H,1H3;/q-1;. The van der Waals surface area contributed by atoms with Crippen LogP contribution < -0.4 is 0 Å². The zero-order valence-corrected chi connectivity index (χ0v) is 15.0. The van der Waals surface area contributed by atoms with Crippen LogP contribution in [0, 0.1) is 13.0 Å². The van der Waals surface area contributed by atoms with Crippen LogP contribution in [0.1, 0.15) is 5.56 Å². The molecule has 0 aliphatic rings. The number of imidazole rings is 2. The summed E-state index contributed by atoms with van der Waals surface area (Å²) in [5.74, 6) is 0.814. The third-order valence-corrected chi connectivity index (χ3v) is 4.06. The van der Waals surface area contributed by atoms with Gasteiger partial charge in [-0.25, -0.2) is 4.98 Å². The second-order valence-corrected chi connectivity index (χ2v) is 5.38. The summed E-state index contributed by atoms with van der Waals surface area (Å²) < 4.78 is 4.02. The average molecular weight is 492 g/mol. The van der Waals surface area contributed by atoms with Crippen LogP contribution in [0.25, 0.3) is 33.6 Å². The molecule has 0 spiro atoms. The normalized spacial score (nSPS) is 11.2. The summed E-state index contributed by atoms with van der Waals surface area (Å²) in [4.78, 5) is 17.6. The van der Waals surface area contributed by atoms with Gasteiger partial charge >= 0.3 is 0 Å². The summed E-state index contributed by atoms with van der Waals surface area (Å²) in [6.45, 7) is 2.05. The Morgan fingerprint density at radius 3 is 2.62 bits per heavy atom. The molecular weight excluding hydrogens is 480 g/mol. The molecule has 0 N–H and O–H groups in total. The first-order chi connectivity index (χ1) is 11.3. The van der Waals surface area contributed by atoms with E-state index >= 15 is 0 Å². The quantitative estimate of drug-likeness (QED) is 0.339. The number of hydrogen-bond acceptors (Lipinski definition) is 4. The summed E-state index contributed by atoms with van der Waals surface area (Å²) in [5.41, 5.74) is 4.78. The van der Waals surface area contributed by atoms with Crippen LogP contribution in [-0.2, 0) is 20.1 Å². The molecule has 0 saturated heterocycles. The first kappa shape index (κ1) is 14.9. The second-order valence-electron chi connectivity index (χ2n) is 5.38. The smallest absolute Gasteiger partial charge is 0.202 e. The molecule has 24 heavy (non-hydrogen) atoms. The van der Waals surface area contributed by atoms with Gasteiger partial charge in [-0.15, -0.1) is 17.7 Å². The van der Waals surface area contributed by atoms with Crippen LogP contribution in [0.15, 0.2) is 49.4 Å². The molecule has 6 nitrogen and oxygen atoms in total. The van der Waals surface area contributed by atoms with Gasteiger partial charge in [0.25, 0.3) is 0 Å². The molecule has 1 aromatic carbocycles. The van der Waals surface area contributed by atoms with E-state index in [4.69, 9.17) is 0 Å². The number of hydrogen-bond donors (Lipinski definition) is 0. The number of benzene rings is 1. The van der Waals surface area contributed by atoms with Gasteiger partial charge in [0.15, 0.2) is 0 Å². The van der Waals surface area contributed by atoms with Crippen molar-refractivity contribution < 1.29 is 20.1 Å². The van der Waals surface area contributed by atoms with Gasteiger partial charge in [-0.1, -0.05) is 17.9 Å². The Balaban J connectivity index is 0.00000146. The largest absolute Gasteiger partial charge is 0.327 e. The van der Waals surface area contributed by atoms with Crippen LogP contribution in [0.2, 0.25) is 0 Å². The average Bonchev–Trinajstić information content (AvgIpc) is 3.24. The fourth-order valence-corrected chi connectivity index (χ4v) is 3.09. The van der Waals surface area contributed by atoms with Gasteiger partial charge in [0, 0.05) is 57.3 Å². The molecule has 0 unspecified atom stereocenters. The molecule has 0 aliphatic heterocycles. The van der Waals surface area contributed by atoms with Crippen molar-refractivity contribution >= 4 is 22.3 Å². The zero-order chi connectivity index (χ0) is 15.4. The molecule has 1 radical (unpaired) electrons. The van der Waals surface area contributed by atoms with E-state index in [1.807, 2.05) is 22.9 Å². The summed E-state index contributed by atoms with van der Waals surface area (Å²) in [7, 11) is 0. The molecule has 4 aromatic heterocycles. The topological polar surface area (TPSA) is 60.4 Å². The van der Waals surface area contributed by atoms with Gasteiger partial charge < -0.3 is 8.80 Å². The maximum absolute atomic E-state index is 4.48. The maximum atomic E-state index is 4.48. The molecule has 0 fully saturated rings. The third kappa shape index (κ3) is 1.92. The van der Waals surface area contributed by atoms with Crippen molar-refractivity contribution in [3.8, 4) is 11.3 Å². The van der Waals surface area contributed by atoms with Crippen LogP contribution in [0.5, 0.6) is 0 Å². The Bertz CT molecular complexity index is 1180.